The van der Waals surface area contributed by atoms with Gasteiger partial charge in [-0.25, -0.2) is 4.39 Å². The average molecular weight is 70.1 g/mol. The number of rotatable bonds is 1. The van der Waals surface area contributed by atoms with Gasteiger partial charge >= 0.3 is 0 Å². The first kappa shape index (κ1) is 4.41. The van der Waals surface area contributed by atoms with Crippen molar-refractivity contribution in [3.8, 4) is 0 Å². The van der Waals surface area contributed by atoms with Crippen molar-refractivity contribution in [2.45, 2.75) is 0 Å². The first-order valence-corrected chi connectivity index (χ1v) is 1.14. The van der Waals surface area contributed by atoms with Crippen LogP contribution in [0.2, 0.25) is 0 Å². The second-order valence-electron chi connectivity index (χ2n) is 0.552. The molecule has 0 N–H and O–H groups in total. The van der Waals surface area contributed by atoms with Crippen LogP contribution in [0.1, 0.15) is 0 Å². The SMILES string of the molecule is [C]=C(F)C=C. The van der Waals surface area contributed by atoms with E-state index in [1.807, 2.05) is 0 Å². The molecule has 0 amide bonds. The van der Waals surface area contributed by atoms with E-state index in [0.717, 1.165) is 6.08 Å². The van der Waals surface area contributed by atoms with E-state index in [2.05, 4.69) is 6.58 Å². The highest BCUT2D eigenvalue weighted by molar-refractivity contribution is 4.97. The van der Waals surface area contributed by atoms with E-state index in [4.69, 9.17) is 6.58 Å². The molecule has 0 saturated heterocycles. The standard InChI is InChI=1S/C4H3F/c1-3-4(2)5/h3H,1H2. The Morgan fingerprint density at radius 1 is 2.00 bits per heavy atom. The monoisotopic (exact) mass is 70.0 g/mol. The summed E-state index contributed by atoms with van der Waals surface area (Å²) in [6.45, 7) is 8.92. The van der Waals surface area contributed by atoms with E-state index in [-0.39, 0.29) is 0 Å². The highest BCUT2D eigenvalue weighted by Gasteiger charge is 1.67. The van der Waals surface area contributed by atoms with Gasteiger partial charge < -0.3 is 0 Å². The third-order valence-electron chi connectivity index (χ3n) is 0.179. The molecule has 0 nitrogen and oxygen atoms in total. The smallest absolute Gasteiger partial charge is 0.131 e. The quantitative estimate of drug-likeness (QED) is 0.408. The molecular formula is C4H3F. The predicted octanol–water partition coefficient (Wildman–Crippen LogP) is 1.34. The molecule has 0 aromatic rings. The zero-order valence-corrected chi connectivity index (χ0v) is 2.66. The molecule has 0 aliphatic heterocycles. The molecule has 1 heteroatoms. The third kappa shape index (κ3) is 3.41. The van der Waals surface area contributed by atoms with Gasteiger partial charge in [-0.1, -0.05) is 6.58 Å². The second-order valence-corrected chi connectivity index (χ2v) is 0.552. The van der Waals surface area contributed by atoms with Gasteiger partial charge in [-0.15, -0.1) is 0 Å². The molecule has 0 unspecified atom stereocenters. The molecular weight excluding hydrogens is 67.0 g/mol. The normalized spacial score (nSPS) is 6.60. The van der Waals surface area contributed by atoms with Crippen LogP contribution in [-0.2, 0) is 0 Å². The molecule has 0 heterocycles. The van der Waals surface area contributed by atoms with Crippen molar-refractivity contribution in [2.75, 3.05) is 0 Å². The lowest BCUT2D eigenvalue weighted by atomic mass is 10.6. The van der Waals surface area contributed by atoms with Crippen LogP contribution in [-0.4, -0.2) is 0 Å². The number of halogens is 1. The molecule has 0 aliphatic rings. The molecule has 0 spiro atoms. The van der Waals surface area contributed by atoms with Crippen molar-refractivity contribution in [1.29, 1.82) is 0 Å². The minimum Gasteiger partial charge on any atom is -0.206 e. The van der Waals surface area contributed by atoms with Crippen LogP contribution in [0.3, 0.4) is 0 Å². The first-order valence-electron chi connectivity index (χ1n) is 1.14. The van der Waals surface area contributed by atoms with Crippen molar-refractivity contribution in [1.82, 2.24) is 0 Å². The van der Waals surface area contributed by atoms with Crippen molar-refractivity contribution in [3.05, 3.63) is 25.1 Å². The molecule has 26 valence electrons. The summed E-state index contributed by atoms with van der Waals surface area (Å²) in [5, 5.41) is 0. The zero-order chi connectivity index (χ0) is 4.28. The molecule has 0 aliphatic carbocycles. The van der Waals surface area contributed by atoms with Gasteiger partial charge in [0.1, 0.15) is 5.83 Å². The van der Waals surface area contributed by atoms with Crippen LogP contribution in [0.15, 0.2) is 18.5 Å². The van der Waals surface area contributed by atoms with Crippen LogP contribution in [0.5, 0.6) is 0 Å². The van der Waals surface area contributed by atoms with Gasteiger partial charge in [0.25, 0.3) is 0 Å². The third-order valence-corrected chi connectivity index (χ3v) is 0.179. The highest BCUT2D eigenvalue weighted by atomic mass is 19.1. The Balaban J connectivity index is 3.20. The summed E-state index contributed by atoms with van der Waals surface area (Å²) in [6, 6.07) is 0. The van der Waals surface area contributed by atoms with Gasteiger partial charge in [0.2, 0.25) is 0 Å². The van der Waals surface area contributed by atoms with E-state index in [9.17, 15) is 4.39 Å². The molecule has 0 atom stereocenters. The highest BCUT2D eigenvalue weighted by Crippen LogP contribution is 1.85. The fraction of sp³-hybridized carbons (Fsp3) is 0. The summed E-state index contributed by atoms with van der Waals surface area (Å²) in [7, 11) is 0. The zero-order valence-electron chi connectivity index (χ0n) is 2.66. The van der Waals surface area contributed by atoms with Crippen molar-refractivity contribution in [3.63, 3.8) is 0 Å². The van der Waals surface area contributed by atoms with Gasteiger partial charge in [0.15, 0.2) is 0 Å². The second kappa shape index (κ2) is 1.70. The Kier molecular flexibility index (Phi) is 1.50. The van der Waals surface area contributed by atoms with Gasteiger partial charge in [0, 0.05) is 6.58 Å². The minimum atomic E-state index is -0.981. The topological polar surface area (TPSA) is 0 Å². The molecule has 0 aromatic heterocycles. The first-order chi connectivity index (χ1) is 2.27. The maximum Gasteiger partial charge on any atom is 0.131 e. The Morgan fingerprint density at radius 3 is 2.20 bits per heavy atom. The summed E-state index contributed by atoms with van der Waals surface area (Å²) >= 11 is 0. The number of hydrogen-bond donors (Lipinski definition) is 0. The number of hydrogen-bond acceptors (Lipinski definition) is 0. The van der Waals surface area contributed by atoms with E-state index >= 15 is 0 Å². The molecule has 0 fully saturated rings. The Hall–Kier alpha value is -0.590. The molecule has 0 aromatic carbocycles. The lowest BCUT2D eigenvalue weighted by molar-refractivity contribution is 0.669. The van der Waals surface area contributed by atoms with Crippen LogP contribution in [0.25, 0.3) is 0 Å². The summed E-state index contributed by atoms with van der Waals surface area (Å²) in [5.74, 6) is -0.981. The summed E-state index contributed by atoms with van der Waals surface area (Å²) < 4.78 is 10.9. The Labute approximate surface area is 30.6 Å². The van der Waals surface area contributed by atoms with E-state index in [1.165, 1.54) is 0 Å². The van der Waals surface area contributed by atoms with Crippen LogP contribution < -0.4 is 0 Å². The molecule has 5 heavy (non-hydrogen) atoms. The van der Waals surface area contributed by atoms with Crippen molar-refractivity contribution in [2.24, 2.45) is 0 Å². The minimum absolute atomic E-state index is 0.833. The van der Waals surface area contributed by atoms with Gasteiger partial charge in [-0.05, 0) is 6.08 Å². The largest absolute Gasteiger partial charge is 0.206 e. The number of allylic oxidation sites excluding steroid dienone is 2. The molecule has 0 rings (SSSR count). The summed E-state index contributed by atoms with van der Waals surface area (Å²) in [4.78, 5) is 0. The lowest BCUT2D eigenvalue weighted by Gasteiger charge is -1.64. The summed E-state index contributed by atoms with van der Waals surface area (Å²) in [5.41, 5.74) is 0. The van der Waals surface area contributed by atoms with E-state index in [1.54, 1.807) is 0 Å². The van der Waals surface area contributed by atoms with E-state index in [0.29, 0.717) is 0 Å². The van der Waals surface area contributed by atoms with Crippen molar-refractivity contribution < 1.29 is 4.39 Å². The average Bonchev–Trinajstić information content (AvgIpc) is 1.38. The van der Waals surface area contributed by atoms with Gasteiger partial charge in [-0.3, -0.25) is 0 Å². The van der Waals surface area contributed by atoms with E-state index < -0.39 is 5.83 Å². The predicted molar refractivity (Wildman–Crippen MR) is 18.1 cm³/mol. The maximum absolute atomic E-state index is 10.9. The lowest BCUT2D eigenvalue weighted by Crippen LogP contribution is -1.46. The maximum atomic E-state index is 10.9. The Morgan fingerprint density at radius 2 is 2.20 bits per heavy atom. The molecule has 2 radical (unpaired) electrons. The van der Waals surface area contributed by atoms with Crippen LogP contribution >= 0.6 is 0 Å². The van der Waals surface area contributed by atoms with Crippen LogP contribution in [0.4, 0.5) is 4.39 Å². The van der Waals surface area contributed by atoms with Gasteiger partial charge in [0.05, 0.1) is 0 Å². The van der Waals surface area contributed by atoms with Crippen LogP contribution in [0, 0.1) is 6.58 Å². The molecule has 0 bridgehead atoms. The Bertz CT molecular complexity index is 54.7. The summed E-state index contributed by atoms with van der Waals surface area (Å²) in [6.07, 6.45) is 0.833. The molecule has 0 saturated carbocycles. The fourth-order valence-electron chi connectivity index (χ4n) is 0. The van der Waals surface area contributed by atoms with Gasteiger partial charge in [-0.2, -0.15) is 0 Å². The van der Waals surface area contributed by atoms with Crippen molar-refractivity contribution >= 4 is 0 Å². The fourth-order valence-corrected chi connectivity index (χ4v) is 0.